The number of nitrogens with zero attached hydrogens (tertiary/aromatic N) is 3. The van der Waals surface area contributed by atoms with Gasteiger partial charge in [-0.15, -0.1) is 0 Å². The Balaban J connectivity index is 1.48. The van der Waals surface area contributed by atoms with E-state index >= 15 is 0 Å². The van der Waals surface area contributed by atoms with Gasteiger partial charge in [0.25, 0.3) is 5.56 Å². The predicted molar refractivity (Wildman–Crippen MR) is 102 cm³/mol. The number of nitrogens with one attached hydrogen (secondary N) is 3. The van der Waals surface area contributed by atoms with Crippen molar-refractivity contribution >= 4 is 17.7 Å². The standard InChI is InChI=1S/C17H20N6O2S/c1-11-15(22-10-21-11)9-26-5-4-19-17-20-8-12(16(25)23-17)6-13-7-14(24)2-3-18-13/h2-3,7-8,10H,4-6,9H2,1H3,(H,18,24)(H,21,22)(H2,19,20,23,25). The van der Waals surface area contributed by atoms with Crippen LogP contribution < -0.4 is 10.9 Å². The molecule has 26 heavy (non-hydrogen) atoms. The van der Waals surface area contributed by atoms with Crippen molar-refractivity contribution in [2.75, 3.05) is 17.6 Å². The first-order valence-corrected chi connectivity index (χ1v) is 9.30. The second kappa shape index (κ2) is 8.52. The molecule has 4 N–H and O–H groups in total. The minimum atomic E-state index is -0.215. The van der Waals surface area contributed by atoms with Crippen LogP contribution in [0, 0.1) is 6.92 Å². The lowest BCUT2D eigenvalue weighted by Crippen LogP contribution is -2.18. The van der Waals surface area contributed by atoms with Gasteiger partial charge in [-0.05, 0) is 13.0 Å². The molecule has 8 nitrogen and oxygen atoms in total. The van der Waals surface area contributed by atoms with E-state index < -0.39 is 0 Å². The molecule has 0 atom stereocenters. The first kappa shape index (κ1) is 18.0. The van der Waals surface area contributed by atoms with Crippen molar-refractivity contribution in [2.24, 2.45) is 0 Å². The van der Waals surface area contributed by atoms with Crippen molar-refractivity contribution in [3.63, 3.8) is 0 Å². The lowest BCUT2D eigenvalue weighted by molar-refractivity contribution is 0.473. The van der Waals surface area contributed by atoms with Crippen molar-refractivity contribution in [1.82, 2.24) is 24.9 Å². The van der Waals surface area contributed by atoms with Crippen LogP contribution in [-0.2, 0) is 12.2 Å². The summed E-state index contributed by atoms with van der Waals surface area (Å²) in [5.41, 5.74) is 3.05. The summed E-state index contributed by atoms with van der Waals surface area (Å²) >= 11 is 1.76. The molecule has 0 saturated carbocycles. The Hall–Kier alpha value is -2.81. The quantitative estimate of drug-likeness (QED) is 0.445. The fourth-order valence-corrected chi connectivity index (χ4v) is 3.21. The number of hydrogen-bond acceptors (Lipinski definition) is 7. The Morgan fingerprint density at radius 1 is 1.31 bits per heavy atom. The van der Waals surface area contributed by atoms with Crippen molar-refractivity contribution in [3.8, 4) is 5.75 Å². The summed E-state index contributed by atoms with van der Waals surface area (Å²) in [7, 11) is 0. The van der Waals surface area contributed by atoms with Crippen LogP contribution in [0.1, 0.15) is 22.6 Å². The Kier molecular flexibility index (Phi) is 5.90. The number of H-pyrrole nitrogens is 2. The van der Waals surface area contributed by atoms with Crippen LogP contribution in [-0.4, -0.2) is 42.3 Å². The summed E-state index contributed by atoms with van der Waals surface area (Å²) in [6.07, 6.45) is 5.05. The van der Waals surface area contributed by atoms with Crippen LogP contribution in [0.5, 0.6) is 5.75 Å². The molecular weight excluding hydrogens is 352 g/mol. The second-order valence-corrected chi connectivity index (χ2v) is 6.83. The smallest absolute Gasteiger partial charge is 0.255 e. The highest BCUT2D eigenvalue weighted by Crippen LogP contribution is 2.13. The largest absolute Gasteiger partial charge is 0.508 e. The van der Waals surface area contributed by atoms with E-state index in [1.807, 2.05) is 6.92 Å². The SMILES string of the molecule is Cc1[nH]cnc1CSCCNc1ncc(Cc2cc(O)ccn2)c(=O)[nH]1. The minimum absolute atomic E-state index is 0.125. The Morgan fingerprint density at radius 2 is 2.19 bits per heavy atom. The lowest BCUT2D eigenvalue weighted by atomic mass is 10.1. The van der Waals surface area contributed by atoms with Gasteiger partial charge in [0, 0.05) is 59.9 Å². The summed E-state index contributed by atoms with van der Waals surface area (Å²) in [5.74, 6) is 2.28. The summed E-state index contributed by atoms with van der Waals surface area (Å²) in [6, 6.07) is 3.02. The second-order valence-electron chi connectivity index (χ2n) is 5.72. The van der Waals surface area contributed by atoms with Crippen molar-refractivity contribution in [2.45, 2.75) is 19.1 Å². The van der Waals surface area contributed by atoms with Gasteiger partial charge < -0.3 is 15.4 Å². The van der Waals surface area contributed by atoms with Crippen LogP contribution in [0.3, 0.4) is 0 Å². The van der Waals surface area contributed by atoms with Crippen LogP contribution in [0.15, 0.2) is 35.6 Å². The molecule has 3 aromatic rings. The highest BCUT2D eigenvalue weighted by atomic mass is 32.2. The Labute approximate surface area is 154 Å². The third kappa shape index (κ3) is 4.85. The molecule has 0 aliphatic carbocycles. The van der Waals surface area contributed by atoms with Crippen LogP contribution in [0.2, 0.25) is 0 Å². The molecule has 0 amide bonds. The minimum Gasteiger partial charge on any atom is -0.508 e. The summed E-state index contributed by atoms with van der Waals surface area (Å²) in [4.78, 5) is 30.6. The average Bonchev–Trinajstić information content (AvgIpc) is 3.02. The van der Waals surface area contributed by atoms with Gasteiger partial charge in [0.2, 0.25) is 5.95 Å². The van der Waals surface area contributed by atoms with Crippen molar-refractivity contribution in [3.05, 3.63) is 63.9 Å². The first-order chi connectivity index (χ1) is 12.6. The summed E-state index contributed by atoms with van der Waals surface area (Å²) < 4.78 is 0. The topological polar surface area (TPSA) is 120 Å². The summed E-state index contributed by atoms with van der Waals surface area (Å²) in [6.45, 7) is 2.69. The van der Waals surface area contributed by atoms with Gasteiger partial charge in [-0.25, -0.2) is 9.97 Å². The van der Waals surface area contributed by atoms with E-state index in [1.54, 1.807) is 18.1 Å². The molecule has 0 unspecified atom stereocenters. The van der Waals surface area contributed by atoms with Crippen molar-refractivity contribution in [1.29, 1.82) is 0 Å². The molecular formula is C17H20N6O2S. The van der Waals surface area contributed by atoms with Gasteiger partial charge in [0.15, 0.2) is 0 Å². The van der Waals surface area contributed by atoms with Crippen LogP contribution >= 0.6 is 11.8 Å². The number of aromatic amines is 2. The molecule has 0 radical (unpaired) electrons. The van der Waals surface area contributed by atoms with Gasteiger partial charge in [-0.2, -0.15) is 11.8 Å². The van der Waals surface area contributed by atoms with Gasteiger partial charge >= 0.3 is 0 Å². The third-order valence-electron chi connectivity index (χ3n) is 3.76. The van der Waals surface area contributed by atoms with Gasteiger partial charge in [0.05, 0.1) is 12.0 Å². The number of aryl methyl sites for hydroxylation is 1. The zero-order valence-electron chi connectivity index (χ0n) is 14.3. The summed E-state index contributed by atoms with van der Waals surface area (Å²) in [5, 5.41) is 12.6. The monoisotopic (exact) mass is 372 g/mol. The molecule has 3 aromatic heterocycles. The van der Waals surface area contributed by atoms with Crippen LogP contribution in [0.25, 0.3) is 0 Å². The number of pyridine rings is 1. The van der Waals surface area contributed by atoms with Crippen molar-refractivity contribution < 1.29 is 5.11 Å². The Bertz CT molecular complexity index is 923. The average molecular weight is 372 g/mol. The molecule has 0 aromatic carbocycles. The van der Waals surface area contributed by atoms with E-state index in [2.05, 4.69) is 30.2 Å². The molecule has 0 bridgehead atoms. The van der Waals surface area contributed by atoms with E-state index in [0.29, 0.717) is 30.2 Å². The number of aromatic hydroxyl groups is 1. The molecule has 0 fully saturated rings. The number of rotatable bonds is 8. The number of thioether (sulfide) groups is 1. The van der Waals surface area contributed by atoms with E-state index in [4.69, 9.17) is 0 Å². The highest BCUT2D eigenvalue weighted by Gasteiger charge is 2.06. The van der Waals surface area contributed by atoms with E-state index in [9.17, 15) is 9.90 Å². The maximum Gasteiger partial charge on any atom is 0.255 e. The fourth-order valence-electron chi connectivity index (χ4n) is 2.34. The predicted octanol–water partition coefficient (Wildman–Crippen LogP) is 1.84. The zero-order valence-corrected chi connectivity index (χ0v) is 15.1. The molecule has 9 heteroatoms. The van der Waals surface area contributed by atoms with E-state index in [1.165, 1.54) is 24.5 Å². The highest BCUT2D eigenvalue weighted by molar-refractivity contribution is 7.98. The number of anilines is 1. The third-order valence-corrected chi connectivity index (χ3v) is 4.73. The number of aromatic nitrogens is 5. The molecule has 0 aliphatic rings. The molecule has 136 valence electrons. The lowest BCUT2D eigenvalue weighted by Gasteiger charge is -2.06. The van der Waals surface area contributed by atoms with Gasteiger partial charge in [-0.3, -0.25) is 14.8 Å². The fraction of sp³-hybridized carbons (Fsp3) is 0.294. The molecule has 0 saturated heterocycles. The van der Waals surface area contributed by atoms with Crippen LogP contribution in [0.4, 0.5) is 5.95 Å². The van der Waals surface area contributed by atoms with Gasteiger partial charge in [-0.1, -0.05) is 0 Å². The first-order valence-electron chi connectivity index (χ1n) is 8.14. The normalized spacial score (nSPS) is 10.8. The zero-order chi connectivity index (χ0) is 18.4. The number of imidazole rings is 1. The molecule has 0 spiro atoms. The van der Waals surface area contributed by atoms with Gasteiger partial charge in [0.1, 0.15) is 5.75 Å². The number of hydrogen-bond donors (Lipinski definition) is 4. The van der Waals surface area contributed by atoms with E-state index in [0.717, 1.165) is 22.9 Å². The van der Waals surface area contributed by atoms with E-state index in [-0.39, 0.29) is 11.3 Å². The maximum absolute atomic E-state index is 12.2. The maximum atomic E-state index is 12.2. The molecule has 3 heterocycles. The molecule has 0 aliphatic heterocycles. The Morgan fingerprint density at radius 3 is 2.92 bits per heavy atom. The molecule has 3 rings (SSSR count).